The summed E-state index contributed by atoms with van der Waals surface area (Å²) in [5.41, 5.74) is 12.8. The number of carbonyl (C=O) groups is 2. The highest BCUT2D eigenvalue weighted by molar-refractivity contribution is 5.82. The number of aromatic nitrogens is 8. The fourth-order valence-electron chi connectivity index (χ4n) is 4.78. The van der Waals surface area contributed by atoms with Gasteiger partial charge in [0.05, 0.1) is 32.1 Å². The van der Waals surface area contributed by atoms with Gasteiger partial charge in [-0.2, -0.15) is 0 Å². The molecule has 10 N–H and O–H groups in total. The van der Waals surface area contributed by atoms with Crippen LogP contribution in [0.5, 0.6) is 0 Å². The molecule has 0 amide bonds. The maximum atomic E-state index is 11.5. The summed E-state index contributed by atoms with van der Waals surface area (Å²) >= 11 is 0. The lowest BCUT2D eigenvalue weighted by Gasteiger charge is -2.16. The van der Waals surface area contributed by atoms with E-state index >= 15 is 0 Å². The molecule has 6 heterocycles. The highest BCUT2D eigenvalue weighted by Gasteiger charge is 2.45. The Balaban J connectivity index is 0.000000186. The molecule has 0 saturated carbocycles. The Labute approximate surface area is 251 Å². The largest absolute Gasteiger partial charge is 0.481 e. The topological polar surface area (TPSA) is 322 Å². The van der Waals surface area contributed by atoms with Crippen molar-refractivity contribution in [3.63, 3.8) is 0 Å². The Bertz CT molecular complexity index is 1670. The molecule has 4 aromatic rings. The molecule has 21 nitrogen and oxygen atoms in total. The number of anilines is 2. The maximum absolute atomic E-state index is 11.5. The molecule has 0 spiro atoms. The second-order valence-corrected chi connectivity index (χ2v) is 10.0. The minimum atomic E-state index is -1.33. The molecule has 2 aliphatic rings. The van der Waals surface area contributed by atoms with Crippen LogP contribution in [0, 0.1) is 0 Å². The van der Waals surface area contributed by atoms with E-state index < -0.39 is 67.6 Å². The molecule has 45 heavy (non-hydrogen) atoms. The standard InChI is InChI=1S/C14H17N5O7.C10H13N5O4/c15-12-9-13(17-4-16-12)19(5-18-9)14-11(24)10(23)6(26-14)3-25-8(22)2-1-7(20)21;11-8-5-9(13-2-12-8)15(3-14-5)10-7(18)6(17)4(1-16)19-10/h4-6,10-11,14,23-24H,1-3H2,(H,20,21)(H2,15,16,17);2-4,6-7,10,16-18H,1H2,(H2,11,12,13)/t6-,10-,11-,14-;4-,6-,7-,10-/m11/s1. The van der Waals surface area contributed by atoms with Gasteiger partial charge in [0.25, 0.3) is 0 Å². The van der Waals surface area contributed by atoms with E-state index in [-0.39, 0.29) is 31.1 Å². The molecule has 0 aliphatic carbocycles. The zero-order chi connectivity index (χ0) is 32.4. The zero-order valence-corrected chi connectivity index (χ0v) is 23.2. The van der Waals surface area contributed by atoms with Gasteiger partial charge in [0.1, 0.15) is 66.9 Å². The molecule has 0 unspecified atom stereocenters. The highest BCUT2D eigenvalue weighted by atomic mass is 16.6. The van der Waals surface area contributed by atoms with E-state index in [2.05, 4.69) is 29.9 Å². The second-order valence-electron chi connectivity index (χ2n) is 10.0. The van der Waals surface area contributed by atoms with Crippen molar-refractivity contribution >= 4 is 45.9 Å². The lowest BCUT2D eigenvalue weighted by Crippen LogP contribution is -2.34. The van der Waals surface area contributed by atoms with Gasteiger partial charge >= 0.3 is 11.9 Å². The fourth-order valence-corrected chi connectivity index (χ4v) is 4.78. The van der Waals surface area contributed by atoms with Crippen molar-refractivity contribution in [2.24, 2.45) is 0 Å². The first-order valence-electron chi connectivity index (χ1n) is 13.4. The minimum absolute atomic E-state index is 0.158. The van der Waals surface area contributed by atoms with Crippen molar-refractivity contribution in [2.45, 2.75) is 61.9 Å². The summed E-state index contributed by atoms with van der Waals surface area (Å²) in [4.78, 5) is 45.7. The van der Waals surface area contributed by atoms with Crippen LogP contribution in [0.4, 0.5) is 11.6 Å². The van der Waals surface area contributed by atoms with Crippen molar-refractivity contribution < 1.29 is 54.4 Å². The molecular formula is C24H30N10O11. The Morgan fingerprint density at radius 2 is 1.24 bits per heavy atom. The summed E-state index contributed by atoms with van der Waals surface area (Å²) in [6.07, 6.45) is -4.18. The van der Waals surface area contributed by atoms with Crippen molar-refractivity contribution in [2.75, 3.05) is 24.7 Å². The number of nitrogens with two attached hydrogens (primary N) is 2. The Morgan fingerprint density at radius 1 is 0.756 bits per heavy atom. The molecule has 0 aromatic carbocycles. The molecule has 0 bridgehead atoms. The van der Waals surface area contributed by atoms with Gasteiger partial charge in [-0.05, 0) is 0 Å². The number of esters is 1. The van der Waals surface area contributed by atoms with Gasteiger partial charge in [-0.1, -0.05) is 0 Å². The monoisotopic (exact) mass is 634 g/mol. The Morgan fingerprint density at radius 3 is 1.71 bits per heavy atom. The van der Waals surface area contributed by atoms with Crippen LogP contribution in [0.3, 0.4) is 0 Å². The van der Waals surface area contributed by atoms with E-state index in [1.807, 2.05) is 0 Å². The van der Waals surface area contributed by atoms with E-state index in [1.54, 1.807) is 0 Å². The van der Waals surface area contributed by atoms with Crippen LogP contribution in [0.25, 0.3) is 22.3 Å². The van der Waals surface area contributed by atoms with Gasteiger partial charge in [-0.3, -0.25) is 18.7 Å². The quantitative estimate of drug-likeness (QED) is 0.0869. The number of aliphatic hydroxyl groups excluding tert-OH is 5. The number of aliphatic carboxylic acids is 1. The van der Waals surface area contributed by atoms with Gasteiger partial charge in [-0.15, -0.1) is 0 Å². The predicted octanol–water partition coefficient (Wildman–Crippen LogP) is -3.54. The van der Waals surface area contributed by atoms with Gasteiger partial charge < -0.3 is 56.3 Å². The van der Waals surface area contributed by atoms with E-state index in [1.165, 1.54) is 34.4 Å². The van der Waals surface area contributed by atoms with Crippen molar-refractivity contribution in [3.05, 3.63) is 25.3 Å². The van der Waals surface area contributed by atoms with Crippen molar-refractivity contribution in [3.8, 4) is 0 Å². The van der Waals surface area contributed by atoms with E-state index in [4.69, 9.17) is 35.9 Å². The van der Waals surface area contributed by atoms with E-state index in [0.29, 0.717) is 22.3 Å². The molecule has 6 rings (SSSR count). The van der Waals surface area contributed by atoms with Crippen LogP contribution in [0.15, 0.2) is 25.3 Å². The summed E-state index contributed by atoms with van der Waals surface area (Å²) in [6.45, 7) is -0.727. The third kappa shape index (κ3) is 6.30. The number of hydrogen-bond acceptors (Lipinski definition) is 18. The third-order valence-electron chi connectivity index (χ3n) is 7.13. The second kappa shape index (κ2) is 13.2. The summed E-state index contributed by atoms with van der Waals surface area (Å²) in [5, 5.41) is 57.7. The maximum Gasteiger partial charge on any atom is 0.306 e. The third-order valence-corrected chi connectivity index (χ3v) is 7.13. The average molecular weight is 635 g/mol. The smallest absolute Gasteiger partial charge is 0.306 e. The average Bonchev–Trinajstić information content (AvgIpc) is 3.78. The van der Waals surface area contributed by atoms with Crippen molar-refractivity contribution in [1.29, 1.82) is 0 Å². The summed E-state index contributed by atoms with van der Waals surface area (Å²) in [6, 6.07) is 0. The Hall–Kier alpha value is -4.64. The minimum Gasteiger partial charge on any atom is -0.481 e. The summed E-state index contributed by atoms with van der Waals surface area (Å²) < 4.78 is 18.7. The summed E-state index contributed by atoms with van der Waals surface area (Å²) in [5.74, 6) is -1.49. The molecule has 8 atom stereocenters. The molecule has 2 aliphatic heterocycles. The first kappa shape index (κ1) is 31.8. The number of carbonyl (C=O) groups excluding carboxylic acids is 1. The number of ether oxygens (including phenoxy) is 3. The van der Waals surface area contributed by atoms with Gasteiger partial charge in [-0.25, -0.2) is 29.9 Å². The molecule has 2 saturated heterocycles. The molecule has 21 heteroatoms. The van der Waals surface area contributed by atoms with Crippen LogP contribution in [0.1, 0.15) is 25.3 Å². The lowest BCUT2D eigenvalue weighted by molar-refractivity contribution is -0.152. The molecule has 242 valence electrons. The number of nitrogen functional groups attached to an aromatic ring is 2. The van der Waals surface area contributed by atoms with Crippen LogP contribution in [-0.4, -0.2) is 131 Å². The number of carboxylic acid groups (broad SMARTS) is 1. The highest BCUT2D eigenvalue weighted by Crippen LogP contribution is 2.33. The van der Waals surface area contributed by atoms with Crippen LogP contribution in [-0.2, 0) is 23.8 Å². The SMILES string of the molecule is Nc1ncnc2c1ncn2[C@@H]1O[C@H](CO)[C@@H](O)[C@H]1O.Nc1ncnc2c1ncn2[C@@H]1O[C@H](COC(=O)CCC(=O)O)[C@@H](O)[C@H]1O. The number of nitrogens with zero attached hydrogens (tertiary/aromatic N) is 8. The van der Waals surface area contributed by atoms with E-state index in [0.717, 1.165) is 0 Å². The van der Waals surface area contributed by atoms with Crippen LogP contribution < -0.4 is 11.5 Å². The van der Waals surface area contributed by atoms with Crippen LogP contribution in [0.2, 0.25) is 0 Å². The number of imidazole rings is 2. The lowest BCUT2D eigenvalue weighted by atomic mass is 10.1. The van der Waals surface area contributed by atoms with Gasteiger partial charge in [0.15, 0.2) is 35.4 Å². The first-order valence-corrected chi connectivity index (χ1v) is 13.4. The number of hydrogen-bond donors (Lipinski definition) is 8. The molecular weight excluding hydrogens is 604 g/mol. The normalized spacial score (nSPS) is 27.8. The number of carboxylic acids is 1. The van der Waals surface area contributed by atoms with Crippen LogP contribution >= 0.6 is 0 Å². The fraction of sp³-hybridized carbons (Fsp3) is 0.500. The van der Waals surface area contributed by atoms with E-state index in [9.17, 15) is 30.0 Å². The van der Waals surface area contributed by atoms with Crippen molar-refractivity contribution in [1.82, 2.24) is 39.0 Å². The first-order chi connectivity index (χ1) is 21.5. The molecule has 2 fully saturated rings. The molecule has 0 radical (unpaired) electrons. The predicted molar refractivity (Wildman–Crippen MR) is 146 cm³/mol. The van der Waals surface area contributed by atoms with Gasteiger partial charge in [0, 0.05) is 0 Å². The Kier molecular flexibility index (Phi) is 9.29. The number of fused-ring (bicyclic) bond motifs is 2. The zero-order valence-electron chi connectivity index (χ0n) is 23.2. The number of rotatable bonds is 8. The van der Waals surface area contributed by atoms with Gasteiger partial charge in [0.2, 0.25) is 0 Å². The summed E-state index contributed by atoms with van der Waals surface area (Å²) in [7, 11) is 0. The number of aliphatic hydroxyl groups is 5. The molecule has 4 aromatic heterocycles.